The zero-order valence-corrected chi connectivity index (χ0v) is 18.4. The number of benzene rings is 3. The van der Waals surface area contributed by atoms with Gasteiger partial charge in [-0.25, -0.2) is 4.79 Å². The highest BCUT2D eigenvalue weighted by atomic mass is 16.6. The predicted octanol–water partition coefficient (Wildman–Crippen LogP) is 3.93. The molecule has 3 aromatic carbocycles. The molecule has 0 aliphatic rings. The van der Waals surface area contributed by atoms with E-state index in [-0.39, 0.29) is 0 Å². The molecule has 0 saturated heterocycles. The van der Waals surface area contributed by atoms with E-state index >= 15 is 0 Å². The normalized spacial score (nSPS) is 11.6. The van der Waals surface area contributed by atoms with Crippen LogP contribution in [-0.4, -0.2) is 38.4 Å². The minimum absolute atomic E-state index is 0.408. The first-order valence-electron chi connectivity index (χ1n) is 10.5. The van der Waals surface area contributed by atoms with E-state index in [1.807, 2.05) is 36.4 Å². The van der Waals surface area contributed by atoms with Crippen molar-refractivity contribution in [2.24, 2.45) is 0 Å². The Kier molecular flexibility index (Phi) is 8.66. The number of aliphatic hydroxyl groups excluding tert-OH is 1. The molecule has 0 aromatic heterocycles. The molecule has 2 N–H and O–H groups in total. The highest BCUT2D eigenvalue weighted by molar-refractivity contribution is 5.89. The quantitative estimate of drug-likeness (QED) is 0.270. The van der Waals surface area contributed by atoms with E-state index in [1.54, 1.807) is 50.6 Å². The summed E-state index contributed by atoms with van der Waals surface area (Å²) in [6.07, 6.45) is 0.446. The average molecular weight is 436 g/mol. The third-order valence-electron chi connectivity index (χ3n) is 5.12. The van der Waals surface area contributed by atoms with Gasteiger partial charge in [0.15, 0.2) is 11.5 Å². The van der Waals surface area contributed by atoms with Gasteiger partial charge >= 0.3 is 5.97 Å². The molecule has 0 aliphatic carbocycles. The summed E-state index contributed by atoms with van der Waals surface area (Å²) in [4.78, 5) is 12.2. The van der Waals surface area contributed by atoms with Crippen molar-refractivity contribution in [2.45, 2.75) is 19.1 Å². The molecule has 0 aliphatic heterocycles. The van der Waals surface area contributed by atoms with Gasteiger partial charge in [-0.2, -0.15) is 0 Å². The van der Waals surface area contributed by atoms with Crippen LogP contribution in [0.3, 0.4) is 0 Å². The predicted molar refractivity (Wildman–Crippen MR) is 123 cm³/mol. The van der Waals surface area contributed by atoms with Crippen molar-refractivity contribution in [1.29, 1.82) is 0 Å². The smallest absolute Gasteiger partial charge is 0.340 e. The third-order valence-corrected chi connectivity index (χ3v) is 5.12. The molecule has 168 valence electrons. The van der Waals surface area contributed by atoms with Crippen LogP contribution in [-0.2, 0) is 17.6 Å². The molecule has 6 heteroatoms. The molecular formula is C26H29NO5. The van der Waals surface area contributed by atoms with Gasteiger partial charge in [0.2, 0.25) is 6.29 Å². The molecule has 0 fully saturated rings. The van der Waals surface area contributed by atoms with E-state index in [9.17, 15) is 9.90 Å². The lowest BCUT2D eigenvalue weighted by molar-refractivity contribution is -0.0671. The number of esters is 1. The molecule has 3 rings (SSSR count). The van der Waals surface area contributed by atoms with Gasteiger partial charge < -0.3 is 24.6 Å². The Bertz CT molecular complexity index is 989. The third kappa shape index (κ3) is 6.57. The largest absolute Gasteiger partial charge is 0.493 e. The Labute approximate surface area is 188 Å². The van der Waals surface area contributed by atoms with E-state index in [0.717, 1.165) is 43.0 Å². The summed E-state index contributed by atoms with van der Waals surface area (Å²) in [6.45, 7) is 1.67. The van der Waals surface area contributed by atoms with E-state index < -0.39 is 12.3 Å². The van der Waals surface area contributed by atoms with Gasteiger partial charge in [-0.3, -0.25) is 0 Å². The van der Waals surface area contributed by atoms with Crippen LogP contribution in [0.1, 0.15) is 33.3 Å². The molecule has 0 saturated carbocycles. The van der Waals surface area contributed by atoms with Gasteiger partial charge in [0, 0.05) is 5.56 Å². The van der Waals surface area contributed by atoms with Gasteiger partial charge in [0.1, 0.15) is 0 Å². The Morgan fingerprint density at radius 1 is 0.844 bits per heavy atom. The van der Waals surface area contributed by atoms with E-state index in [4.69, 9.17) is 14.2 Å². The number of carbonyl (C=O) groups is 1. The fraction of sp³-hybridized carbons (Fsp3) is 0.269. The fourth-order valence-electron chi connectivity index (χ4n) is 3.29. The summed E-state index contributed by atoms with van der Waals surface area (Å²) in [5, 5.41) is 13.5. The summed E-state index contributed by atoms with van der Waals surface area (Å²) in [7, 11) is 3.26. The Morgan fingerprint density at radius 2 is 1.47 bits per heavy atom. The number of hydrogen-bond acceptors (Lipinski definition) is 6. The number of aliphatic hydroxyl groups is 1. The Balaban J connectivity index is 1.40. The van der Waals surface area contributed by atoms with Crippen molar-refractivity contribution < 1.29 is 24.1 Å². The second-order valence-corrected chi connectivity index (χ2v) is 7.30. The van der Waals surface area contributed by atoms with Crippen molar-refractivity contribution in [3.8, 4) is 11.5 Å². The molecule has 1 atom stereocenters. The van der Waals surface area contributed by atoms with Crippen LogP contribution in [0.4, 0.5) is 0 Å². The van der Waals surface area contributed by atoms with Crippen molar-refractivity contribution in [2.75, 3.05) is 27.3 Å². The van der Waals surface area contributed by atoms with Gasteiger partial charge in [-0.05, 0) is 61.3 Å². The maximum absolute atomic E-state index is 12.2. The zero-order valence-electron chi connectivity index (χ0n) is 18.4. The summed E-state index contributed by atoms with van der Waals surface area (Å²) in [5.41, 5.74) is 3.24. The number of rotatable bonds is 11. The monoisotopic (exact) mass is 435 g/mol. The molecule has 32 heavy (non-hydrogen) atoms. The molecule has 0 spiro atoms. The van der Waals surface area contributed by atoms with Crippen LogP contribution in [0.5, 0.6) is 11.5 Å². The van der Waals surface area contributed by atoms with E-state index in [0.29, 0.717) is 11.1 Å². The maximum Gasteiger partial charge on any atom is 0.340 e. The summed E-state index contributed by atoms with van der Waals surface area (Å²) in [6, 6.07) is 22.0. The standard InChI is InChI=1S/C26H29NO5/c1-30-23-13-10-20(18-24(23)31-2)15-17-27-16-14-19-8-11-22(12-9-19)26(29)32-25(28)21-6-4-3-5-7-21/h3-13,18,25,27-28H,14-17H2,1-2H3. The van der Waals surface area contributed by atoms with Gasteiger partial charge in [-0.1, -0.05) is 48.5 Å². The number of hydrogen-bond donors (Lipinski definition) is 2. The topological polar surface area (TPSA) is 77.0 Å². The number of methoxy groups -OCH3 is 2. The molecule has 0 heterocycles. The van der Waals surface area contributed by atoms with Gasteiger partial charge in [-0.15, -0.1) is 0 Å². The SMILES string of the molecule is COc1ccc(CCNCCc2ccc(C(=O)OC(O)c3ccccc3)cc2)cc1OC. The first-order valence-corrected chi connectivity index (χ1v) is 10.5. The van der Waals surface area contributed by atoms with E-state index in [1.165, 1.54) is 5.56 Å². The number of carbonyl (C=O) groups excluding carboxylic acids is 1. The van der Waals surface area contributed by atoms with Crippen LogP contribution in [0.25, 0.3) is 0 Å². The molecular weight excluding hydrogens is 406 g/mol. The van der Waals surface area contributed by atoms with Crippen LogP contribution in [0.15, 0.2) is 72.8 Å². The molecule has 3 aromatic rings. The lowest BCUT2D eigenvalue weighted by atomic mass is 10.1. The second kappa shape index (κ2) is 11.9. The lowest BCUT2D eigenvalue weighted by Crippen LogP contribution is -2.20. The van der Waals surface area contributed by atoms with Crippen LogP contribution < -0.4 is 14.8 Å². The fourth-order valence-corrected chi connectivity index (χ4v) is 3.29. The average Bonchev–Trinajstić information content (AvgIpc) is 2.84. The molecule has 0 bridgehead atoms. The highest BCUT2D eigenvalue weighted by Gasteiger charge is 2.14. The molecule has 0 radical (unpaired) electrons. The van der Waals surface area contributed by atoms with Crippen molar-refractivity contribution in [3.05, 3.63) is 95.1 Å². The van der Waals surface area contributed by atoms with Gasteiger partial charge in [0.05, 0.1) is 19.8 Å². The summed E-state index contributed by atoms with van der Waals surface area (Å²) >= 11 is 0. The summed E-state index contributed by atoms with van der Waals surface area (Å²) < 4.78 is 15.7. The van der Waals surface area contributed by atoms with Crippen LogP contribution in [0.2, 0.25) is 0 Å². The first-order chi connectivity index (χ1) is 15.6. The minimum atomic E-state index is -1.28. The highest BCUT2D eigenvalue weighted by Crippen LogP contribution is 2.27. The first kappa shape index (κ1) is 23.3. The van der Waals surface area contributed by atoms with E-state index in [2.05, 4.69) is 5.32 Å². The Morgan fingerprint density at radius 3 is 2.12 bits per heavy atom. The van der Waals surface area contributed by atoms with Crippen LogP contribution in [0, 0.1) is 0 Å². The Hall–Kier alpha value is -3.35. The number of ether oxygens (including phenoxy) is 3. The lowest BCUT2D eigenvalue weighted by Gasteiger charge is -2.12. The minimum Gasteiger partial charge on any atom is -0.493 e. The van der Waals surface area contributed by atoms with Crippen molar-refractivity contribution in [3.63, 3.8) is 0 Å². The molecule has 0 amide bonds. The maximum atomic E-state index is 12.2. The molecule has 1 unspecified atom stereocenters. The van der Waals surface area contributed by atoms with Crippen molar-refractivity contribution >= 4 is 5.97 Å². The zero-order chi connectivity index (χ0) is 22.8. The number of nitrogens with one attached hydrogen (secondary N) is 1. The van der Waals surface area contributed by atoms with Crippen molar-refractivity contribution in [1.82, 2.24) is 5.32 Å². The second-order valence-electron chi connectivity index (χ2n) is 7.30. The summed E-state index contributed by atoms with van der Waals surface area (Å²) in [5.74, 6) is 0.909. The van der Waals surface area contributed by atoms with Crippen LogP contribution >= 0.6 is 0 Å². The molecule has 6 nitrogen and oxygen atoms in total. The van der Waals surface area contributed by atoms with Gasteiger partial charge in [0.25, 0.3) is 0 Å².